The molecule has 3 atom stereocenters. The van der Waals surface area contributed by atoms with Crippen molar-refractivity contribution in [3.63, 3.8) is 0 Å². The van der Waals surface area contributed by atoms with E-state index in [2.05, 4.69) is 5.32 Å². The Morgan fingerprint density at radius 1 is 1.04 bits per heavy atom. The Morgan fingerprint density at radius 2 is 1.80 bits per heavy atom. The molecule has 0 unspecified atom stereocenters. The Bertz CT molecular complexity index is 632. The van der Waals surface area contributed by atoms with Gasteiger partial charge in [-0.2, -0.15) is 0 Å². The number of benzene rings is 1. The van der Waals surface area contributed by atoms with E-state index in [0.717, 1.165) is 5.69 Å². The fraction of sp³-hybridized carbons (Fsp3) is 0.556. The van der Waals surface area contributed by atoms with Gasteiger partial charge < -0.3 is 24.6 Å². The van der Waals surface area contributed by atoms with E-state index in [-0.39, 0.29) is 30.1 Å². The fourth-order valence-electron chi connectivity index (χ4n) is 3.83. The lowest BCUT2D eigenvalue weighted by molar-refractivity contribution is -0.142. The maximum absolute atomic E-state index is 12.8. The van der Waals surface area contributed by atoms with Crippen molar-refractivity contribution in [2.75, 3.05) is 44.7 Å². The van der Waals surface area contributed by atoms with Crippen molar-refractivity contribution in [2.45, 2.75) is 18.6 Å². The molecule has 0 aliphatic carbocycles. The molecule has 2 bridgehead atoms. The minimum Gasteiger partial charge on any atom is -0.378 e. The summed E-state index contributed by atoms with van der Waals surface area (Å²) in [6.07, 6.45) is 0.418. The molecule has 0 spiro atoms. The first kappa shape index (κ1) is 16.4. The summed E-state index contributed by atoms with van der Waals surface area (Å²) in [6.45, 7) is 3.46. The van der Waals surface area contributed by atoms with Gasteiger partial charge in [-0.3, -0.25) is 4.79 Å². The zero-order valence-corrected chi connectivity index (χ0v) is 14.1. The number of urea groups is 1. The molecular weight excluding hydrogens is 322 g/mol. The lowest BCUT2D eigenvalue weighted by atomic mass is 9.98. The summed E-state index contributed by atoms with van der Waals surface area (Å²) < 4.78 is 11.3. The average molecular weight is 345 g/mol. The quantitative estimate of drug-likeness (QED) is 0.873. The number of para-hydroxylation sites is 1. The van der Waals surface area contributed by atoms with Crippen LogP contribution in [0.3, 0.4) is 0 Å². The maximum atomic E-state index is 12.8. The van der Waals surface area contributed by atoms with Gasteiger partial charge in [0.05, 0.1) is 31.3 Å². The number of ether oxygens (including phenoxy) is 2. The van der Waals surface area contributed by atoms with Crippen LogP contribution in [0.2, 0.25) is 0 Å². The van der Waals surface area contributed by atoms with Crippen LogP contribution in [-0.4, -0.2) is 73.3 Å². The van der Waals surface area contributed by atoms with Crippen LogP contribution in [0.25, 0.3) is 0 Å². The molecule has 0 radical (unpaired) electrons. The average Bonchev–Trinajstić information content (AvgIpc) is 2.96. The third kappa shape index (κ3) is 3.48. The lowest BCUT2D eigenvalue weighted by Gasteiger charge is -2.34. The van der Waals surface area contributed by atoms with Gasteiger partial charge in [-0.15, -0.1) is 0 Å². The van der Waals surface area contributed by atoms with Crippen LogP contribution in [0.4, 0.5) is 10.5 Å². The van der Waals surface area contributed by atoms with Gasteiger partial charge in [-0.05, 0) is 18.6 Å². The second kappa shape index (κ2) is 7.01. The third-order valence-electron chi connectivity index (χ3n) is 5.11. The number of rotatable bonds is 2. The van der Waals surface area contributed by atoms with Gasteiger partial charge in [-0.1, -0.05) is 18.2 Å². The molecule has 4 rings (SSSR count). The summed E-state index contributed by atoms with van der Waals surface area (Å²) in [6, 6.07) is 9.26. The molecule has 7 nitrogen and oxygen atoms in total. The van der Waals surface area contributed by atoms with E-state index in [9.17, 15) is 9.59 Å². The van der Waals surface area contributed by atoms with Crippen molar-refractivity contribution < 1.29 is 19.1 Å². The molecule has 0 aromatic heterocycles. The van der Waals surface area contributed by atoms with Gasteiger partial charge >= 0.3 is 6.03 Å². The second-order valence-electron chi connectivity index (χ2n) is 6.78. The number of nitrogens with zero attached hydrogens (tertiary/aromatic N) is 2. The summed E-state index contributed by atoms with van der Waals surface area (Å²) in [5.74, 6) is -0.0151. The van der Waals surface area contributed by atoms with E-state index in [0.29, 0.717) is 45.8 Å². The number of nitrogens with one attached hydrogen (secondary N) is 1. The topological polar surface area (TPSA) is 71.1 Å². The number of fused-ring (bicyclic) bond motifs is 2. The first-order valence-corrected chi connectivity index (χ1v) is 8.83. The van der Waals surface area contributed by atoms with Gasteiger partial charge in [0, 0.05) is 31.9 Å². The number of hydrogen-bond acceptors (Lipinski definition) is 4. The van der Waals surface area contributed by atoms with Gasteiger partial charge in [0.25, 0.3) is 0 Å². The minimum atomic E-state index is -0.212. The van der Waals surface area contributed by atoms with Crippen molar-refractivity contribution in [1.82, 2.24) is 9.80 Å². The van der Waals surface area contributed by atoms with Crippen molar-refractivity contribution >= 4 is 17.6 Å². The SMILES string of the molecule is O=C(Nc1ccccc1)N1C[C@@H]2C[C@H](C(=O)N3CCOCC3)[C@H](C1)O2. The van der Waals surface area contributed by atoms with Gasteiger partial charge in [0.2, 0.25) is 5.91 Å². The van der Waals surface area contributed by atoms with Gasteiger partial charge in [-0.25, -0.2) is 4.79 Å². The van der Waals surface area contributed by atoms with Gasteiger partial charge in [0.1, 0.15) is 0 Å². The number of carbonyl (C=O) groups is 2. The number of likely N-dealkylation sites (tertiary alicyclic amines) is 1. The highest BCUT2D eigenvalue weighted by molar-refractivity contribution is 5.89. The highest BCUT2D eigenvalue weighted by Crippen LogP contribution is 2.33. The molecule has 1 aromatic rings. The van der Waals surface area contributed by atoms with Gasteiger partial charge in [0.15, 0.2) is 0 Å². The van der Waals surface area contributed by atoms with Crippen LogP contribution in [-0.2, 0) is 14.3 Å². The van der Waals surface area contributed by atoms with Crippen molar-refractivity contribution in [2.24, 2.45) is 5.92 Å². The predicted octanol–water partition coefficient (Wildman–Crippen LogP) is 1.17. The zero-order chi connectivity index (χ0) is 17.2. The summed E-state index contributed by atoms with van der Waals surface area (Å²) in [4.78, 5) is 28.9. The molecule has 7 heteroatoms. The van der Waals surface area contributed by atoms with Crippen molar-refractivity contribution in [3.05, 3.63) is 30.3 Å². The Morgan fingerprint density at radius 3 is 2.56 bits per heavy atom. The monoisotopic (exact) mass is 345 g/mol. The Kier molecular flexibility index (Phi) is 4.59. The Hall–Kier alpha value is -2.12. The zero-order valence-electron chi connectivity index (χ0n) is 14.1. The summed E-state index contributed by atoms with van der Waals surface area (Å²) in [5, 5.41) is 2.91. The number of hydrogen-bond donors (Lipinski definition) is 1. The van der Waals surface area contributed by atoms with Crippen LogP contribution in [0.5, 0.6) is 0 Å². The van der Waals surface area contributed by atoms with E-state index in [1.165, 1.54) is 0 Å². The highest BCUT2D eigenvalue weighted by atomic mass is 16.5. The van der Waals surface area contributed by atoms with Crippen LogP contribution < -0.4 is 5.32 Å². The molecule has 3 aliphatic rings. The van der Waals surface area contributed by atoms with E-state index < -0.39 is 0 Å². The number of amides is 3. The van der Waals surface area contributed by atoms with Crippen LogP contribution in [0.15, 0.2) is 30.3 Å². The largest absolute Gasteiger partial charge is 0.378 e. The first-order valence-electron chi connectivity index (χ1n) is 8.83. The summed E-state index contributed by atoms with van der Waals surface area (Å²) >= 11 is 0. The van der Waals surface area contributed by atoms with Crippen LogP contribution in [0.1, 0.15) is 6.42 Å². The molecule has 25 heavy (non-hydrogen) atoms. The molecule has 1 aromatic carbocycles. The summed E-state index contributed by atoms with van der Waals surface area (Å²) in [5.41, 5.74) is 0.771. The number of morpholine rings is 2. The molecular formula is C18H23N3O4. The van der Waals surface area contributed by atoms with Crippen molar-refractivity contribution in [3.8, 4) is 0 Å². The molecule has 3 amide bonds. The van der Waals surface area contributed by atoms with E-state index in [4.69, 9.17) is 9.47 Å². The molecule has 1 N–H and O–H groups in total. The van der Waals surface area contributed by atoms with E-state index >= 15 is 0 Å². The molecule has 3 aliphatic heterocycles. The van der Waals surface area contributed by atoms with Crippen LogP contribution in [0, 0.1) is 5.92 Å². The smallest absolute Gasteiger partial charge is 0.322 e. The van der Waals surface area contributed by atoms with E-state index in [1.807, 2.05) is 35.2 Å². The molecule has 134 valence electrons. The number of anilines is 1. The fourth-order valence-corrected chi connectivity index (χ4v) is 3.83. The molecule has 3 fully saturated rings. The third-order valence-corrected chi connectivity index (χ3v) is 5.11. The highest BCUT2D eigenvalue weighted by Gasteiger charge is 2.47. The van der Waals surface area contributed by atoms with E-state index in [1.54, 1.807) is 4.90 Å². The second-order valence-corrected chi connectivity index (χ2v) is 6.78. The Balaban J connectivity index is 1.38. The number of carbonyl (C=O) groups excluding carboxylic acids is 2. The molecule has 3 heterocycles. The van der Waals surface area contributed by atoms with Crippen molar-refractivity contribution in [1.29, 1.82) is 0 Å². The Labute approximate surface area is 146 Å². The minimum absolute atomic E-state index is 0.0599. The standard InChI is InChI=1S/C18H23N3O4/c22-17(20-6-8-24-9-7-20)15-10-14-11-21(12-16(15)25-14)18(23)19-13-4-2-1-3-5-13/h1-5,14-16H,6-12H2,(H,19,23)/t14-,15-,16-/m0/s1. The predicted molar refractivity (Wildman–Crippen MR) is 91.2 cm³/mol. The lowest BCUT2D eigenvalue weighted by Crippen LogP contribution is -2.50. The molecule has 0 saturated carbocycles. The molecule has 3 saturated heterocycles. The maximum Gasteiger partial charge on any atom is 0.322 e. The normalized spacial score (nSPS) is 28.7. The first-order chi connectivity index (χ1) is 12.2. The van der Waals surface area contributed by atoms with Crippen LogP contribution >= 0.6 is 0 Å². The summed E-state index contributed by atoms with van der Waals surface area (Å²) in [7, 11) is 0.